The lowest BCUT2D eigenvalue weighted by Crippen LogP contribution is -2.11. The Morgan fingerprint density at radius 3 is 3.00 bits per heavy atom. The first-order valence-electron chi connectivity index (χ1n) is 3.82. The molecule has 1 aromatic heterocycles. The molecule has 0 unspecified atom stereocenters. The summed E-state index contributed by atoms with van der Waals surface area (Å²) in [6.45, 7) is 0. The minimum absolute atomic E-state index is 0.160. The smallest absolute Gasteiger partial charge is 0.275 e. The quantitative estimate of drug-likeness (QED) is 0.638. The van der Waals surface area contributed by atoms with E-state index in [1.54, 1.807) is 25.2 Å². The van der Waals surface area contributed by atoms with Crippen molar-refractivity contribution in [3.63, 3.8) is 0 Å². The molecule has 0 fully saturated rings. The summed E-state index contributed by atoms with van der Waals surface area (Å²) in [7, 11) is 1.63. The first-order valence-corrected chi connectivity index (χ1v) is 3.82. The number of nitriles is 1. The van der Waals surface area contributed by atoms with Crippen molar-refractivity contribution in [3.05, 3.63) is 34.1 Å². The second-order valence-electron chi connectivity index (χ2n) is 2.82. The van der Waals surface area contributed by atoms with Gasteiger partial charge in [-0.1, -0.05) is 6.07 Å². The van der Waals surface area contributed by atoms with Crippen molar-refractivity contribution in [2.75, 3.05) is 0 Å². The van der Waals surface area contributed by atoms with Crippen molar-refractivity contribution in [2.24, 2.45) is 7.05 Å². The Morgan fingerprint density at radius 1 is 1.54 bits per heavy atom. The maximum absolute atomic E-state index is 11.5. The van der Waals surface area contributed by atoms with Crippen LogP contribution in [-0.4, -0.2) is 9.78 Å². The van der Waals surface area contributed by atoms with Crippen LogP contribution in [0.1, 0.15) is 5.56 Å². The number of fused-ring (bicyclic) bond motifs is 1. The number of aromatic nitrogens is 2. The van der Waals surface area contributed by atoms with Gasteiger partial charge in [-0.15, -0.1) is 0 Å². The molecule has 2 rings (SSSR count). The first kappa shape index (κ1) is 7.62. The van der Waals surface area contributed by atoms with E-state index in [-0.39, 0.29) is 5.56 Å². The van der Waals surface area contributed by atoms with Crippen LogP contribution < -0.4 is 5.56 Å². The molecule has 4 nitrogen and oxygen atoms in total. The minimum Gasteiger partial charge on any atom is -0.295 e. The number of benzene rings is 1. The van der Waals surface area contributed by atoms with Gasteiger partial charge < -0.3 is 0 Å². The lowest BCUT2D eigenvalue weighted by atomic mass is 10.1. The lowest BCUT2D eigenvalue weighted by molar-refractivity contribution is 0.751. The van der Waals surface area contributed by atoms with Crippen molar-refractivity contribution in [2.45, 2.75) is 0 Å². The molecule has 1 heterocycles. The van der Waals surface area contributed by atoms with Gasteiger partial charge in [0.1, 0.15) is 6.07 Å². The topological polar surface area (TPSA) is 61.6 Å². The van der Waals surface area contributed by atoms with Crippen molar-refractivity contribution >= 4 is 10.9 Å². The zero-order chi connectivity index (χ0) is 9.42. The number of aromatic amines is 1. The molecule has 0 aliphatic carbocycles. The number of nitrogens with one attached hydrogen (secondary N) is 1. The van der Waals surface area contributed by atoms with E-state index in [2.05, 4.69) is 5.10 Å². The summed E-state index contributed by atoms with van der Waals surface area (Å²) in [6, 6.07) is 7.15. The monoisotopic (exact) mass is 173 g/mol. The summed E-state index contributed by atoms with van der Waals surface area (Å²) in [4.78, 5) is 11.5. The van der Waals surface area contributed by atoms with Gasteiger partial charge in [-0.3, -0.25) is 14.6 Å². The predicted octanol–water partition coefficient (Wildman–Crippen LogP) is 0.738. The van der Waals surface area contributed by atoms with Crippen LogP contribution in [0.3, 0.4) is 0 Å². The van der Waals surface area contributed by atoms with Crippen LogP contribution in [0.2, 0.25) is 0 Å². The molecular formula is C9H7N3O. The molecule has 13 heavy (non-hydrogen) atoms. The number of H-pyrrole nitrogens is 1. The molecule has 1 N–H and O–H groups in total. The normalized spacial score (nSPS) is 10.2. The number of nitrogens with zero attached hydrogens (tertiary/aromatic N) is 2. The second-order valence-corrected chi connectivity index (χ2v) is 2.82. The first-order chi connectivity index (χ1) is 6.24. The highest BCUT2D eigenvalue weighted by Gasteiger charge is 2.07. The van der Waals surface area contributed by atoms with Crippen LogP contribution in [0, 0.1) is 11.3 Å². The standard InChI is InChI=1S/C9H7N3O/c1-12-9(13)8-6(5-10)3-2-4-7(8)11-12/h2-4,11H,1H3. The Bertz CT molecular complexity index is 556. The highest BCUT2D eigenvalue weighted by molar-refractivity contribution is 5.83. The summed E-state index contributed by atoms with van der Waals surface area (Å²) >= 11 is 0. The van der Waals surface area contributed by atoms with Gasteiger partial charge in [0.15, 0.2) is 0 Å². The van der Waals surface area contributed by atoms with Gasteiger partial charge in [0.2, 0.25) is 0 Å². The highest BCUT2D eigenvalue weighted by Crippen LogP contribution is 2.11. The average Bonchev–Trinajstić information content (AvgIpc) is 2.43. The Hall–Kier alpha value is -2.02. The van der Waals surface area contributed by atoms with E-state index in [1.165, 1.54) is 4.68 Å². The van der Waals surface area contributed by atoms with E-state index in [1.807, 2.05) is 6.07 Å². The fourth-order valence-electron chi connectivity index (χ4n) is 1.37. The Balaban J connectivity index is 3.06. The largest absolute Gasteiger partial charge is 0.295 e. The molecule has 0 amide bonds. The SMILES string of the molecule is Cn1[nH]c2cccc(C#N)c2c1=O. The highest BCUT2D eigenvalue weighted by atomic mass is 16.1. The van der Waals surface area contributed by atoms with E-state index in [0.717, 1.165) is 0 Å². The van der Waals surface area contributed by atoms with Gasteiger partial charge in [-0.05, 0) is 12.1 Å². The third-order valence-corrected chi connectivity index (χ3v) is 1.99. The van der Waals surface area contributed by atoms with Crippen LogP contribution in [-0.2, 0) is 7.05 Å². The maximum atomic E-state index is 11.5. The van der Waals surface area contributed by atoms with Gasteiger partial charge in [-0.25, -0.2) is 0 Å². The molecule has 4 heteroatoms. The molecule has 0 atom stereocenters. The molecule has 0 aliphatic rings. The van der Waals surface area contributed by atoms with Crippen molar-refractivity contribution < 1.29 is 0 Å². The molecule has 0 bridgehead atoms. The molecule has 0 radical (unpaired) electrons. The van der Waals surface area contributed by atoms with E-state index < -0.39 is 0 Å². The second kappa shape index (κ2) is 2.49. The van der Waals surface area contributed by atoms with E-state index >= 15 is 0 Å². The third-order valence-electron chi connectivity index (χ3n) is 1.99. The van der Waals surface area contributed by atoms with Gasteiger partial charge >= 0.3 is 0 Å². The van der Waals surface area contributed by atoms with E-state index in [0.29, 0.717) is 16.5 Å². The predicted molar refractivity (Wildman–Crippen MR) is 48.3 cm³/mol. The molecule has 64 valence electrons. The maximum Gasteiger partial charge on any atom is 0.275 e. The summed E-state index contributed by atoms with van der Waals surface area (Å²) in [5.41, 5.74) is 0.957. The molecule has 0 saturated heterocycles. The fourth-order valence-corrected chi connectivity index (χ4v) is 1.37. The summed E-state index contributed by atoms with van der Waals surface area (Å²) in [6.07, 6.45) is 0. The van der Waals surface area contributed by atoms with Gasteiger partial charge in [0.25, 0.3) is 5.56 Å². The van der Waals surface area contributed by atoms with E-state index in [9.17, 15) is 4.79 Å². The van der Waals surface area contributed by atoms with Crippen molar-refractivity contribution in [1.29, 1.82) is 5.26 Å². The number of rotatable bonds is 0. The average molecular weight is 173 g/mol. The lowest BCUT2D eigenvalue weighted by Gasteiger charge is -1.87. The molecule has 1 aromatic carbocycles. The summed E-state index contributed by atoms with van der Waals surface area (Å²) in [5, 5.41) is 12.1. The van der Waals surface area contributed by atoms with Crippen molar-refractivity contribution in [3.8, 4) is 6.07 Å². The number of hydrogen-bond donors (Lipinski definition) is 1. The molecule has 2 aromatic rings. The summed E-state index contributed by atoms with van der Waals surface area (Å²) < 4.78 is 1.37. The molecule has 0 spiro atoms. The minimum atomic E-state index is -0.160. The molecule has 0 aliphatic heterocycles. The van der Waals surface area contributed by atoms with Crippen LogP contribution in [0.4, 0.5) is 0 Å². The van der Waals surface area contributed by atoms with Crippen molar-refractivity contribution in [1.82, 2.24) is 9.78 Å². The molecular weight excluding hydrogens is 166 g/mol. The van der Waals surface area contributed by atoms with Gasteiger partial charge in [0, 0.05) is 7.05 Å². The zero-order valence-electron chi connectivity index (χ0n) is 7.03. The van der Waals surface area contributed by atoms with Crippen LogP contribution in [0.25, 0.3) is 10.9 Å². The molecule has 0 saturated carbocycles. The van der Waals surface area contributed by atoms with E-state index in [4.69, 9.17) is 5.26 Å². The summed E-state index contributed by atoms with van der Waals surface area (Å²) in [5.74, 6) is 0. The van der Waals surface area contributed by atoms with Gasteiger partial charge in [0.05, 0.1) is 16.5 Å². The third kappa shape index (κ3) is 0.942. The van der Waals surface area contributed by atoms with Crippen LogP contribution >= 0.6 is 0 Å². The number of aryl methyl sites for hydroxylation is 1. The van der Waals surface area contributed by atoms with Crippen LogP contribution in [0.5, 0.6) is 0 Å². The Morgan fingerprint density at radius 2 is 2.31 bits per heavy atom. The van der Waals surface area contributed by atoms with Gasteiger partial charge in [-0.2, -0.15) is 5.26 Å². The Labute approximate surface area is 74.0 Å². The zero-order valence-corrected chi connectivity index (χ0v) is 7.03. The Kier molecular flexibility index (Phi) is 1.46. The van der Waals surface area contributed by atoms with Crippen LogP contribution in [0.15, 0.2) is 23.0 Å². The fraction of sp³-hybridized carbons (Fsp3) is 0.111. The number of hydrogen-bond acceptors (Lipinski definition) is 2.